The first-order valence-corrected chi connectivity index (χ1v) is 5.70. The Hall–Kier alpha value is -1.51. The van der Waals surface area contributed by atoms with Crippen LogP contribution in [-0.4, -0.2) is 18.2 Å². The summed E-state index contributed by atoms with van der Waals surface area (Å²) in [6, 6.07) is 0. The van der Waals surface area contributed by atoms with E-state index in [0.29, 0.717) is 12.4 Å². The molecular weight excluding hydrogens is 216 g/mol. The molecule has 0 saturated heterocycles. The lowest BCUT2D eigenvalue weighted by Gasteiger charge is -2.26. The monoisotopic (exact) mass is 238 g/mol. The molecule has 0 fully saturated rings. The van der Waals surface area contributed by atoms with E-state index in [2.05, 4.69) is 13.2 Å². The second kappa shape index (κ2) is 6.94. The minimum Gasteiger partial charge on any atom is -0.476 e. The van der Waals surface area contributed by atoms with Crippen LogP contribution in [0.2, 0.25) is 0 Å². The number of hydrogen-bond donors (Lipinski definition) is 0. The van der Waals surface area contributed by atoms with Crippen LogP contribution >= 0.6 is 0 Å². The predicted molar refractivity (Wildman–Crippen MR) is 69.5 cm³/mol. The second-order valence-corrected chi connectivity index (χ2v) is 4.30. The van der Waals surface area contributed by atoms with Crippen LogP contribution in [-0.2, 0) is 14.3 Å². The molecule has 0 heterocycles. The van der Waals surface area contributed by atoms with E-state index in [-0.39, 0.29) is 5.97 Å². The Balaban J connectivity index is 4.71. The molecule has 0 aromatic heterocycles. The van der Waals surface area contributed by atoms with E-state index >= 15 is 0 Å². The highest BCUT2D eigenvalue weighted by atomic mass is 16.6. The summed E-state index contributed by atoms with van der Waals surface area (Å²) in [5.74, 6) is 0.161. The molecule has 3 heteroatoms. The molecule has 0 aliphatic heterocycles. The zero-order valence-electron chi connectivity index (χ0n) is 11.2. The van der Waals surface area contributed by atoms with Gasteiger partial charge in [0.15, 0.2) is 5.60 Å². The van der Waals surface area contributed by atoms with Crippen LogP contribution in [0.5, 0.6) is 0 Å². The van der Waals surface area contributed by atoms with Gasteiger partial charge in [-0.25, -0.2) is 4.79 Å². The van der Waals surface area contributed by atoms with Gasteiger partial charge in [-0.15, -0.1) is 0 Å². The Morgan fingerprint density at radius 2 is 2.00 bits per heavy atom. The van der Waals surface area contributed by atoms with Gasteiger partial charge in [-0.1, -0.05) is 26.2 Å². The van der Waals surface area contributed by atoms with Crippen molar-refractivity contribution in [2.75, 3.05) is 6.61 Å². The maximum Gasteiger partial charge on any atom is 0.349 e. The van der Waals surface area contributed by atoms with Gasteiger partial charge in [0.2, 0.25) is 0 Å². The zero-order chi connectivity index (χ0) is 13.5. The molecule has 0 aliphatic carbocycles. The van der Waals surface area contributed by atoms with Crippen LogP contribution in [0.1, 0.15) is 34.1 Å². The van der Waals surface area contributed by atoms with Crippen molar-refractivity contribution in [3.63, 3.8) is 0 Å². The Kier molecular flexibility index (Phi) is 6.33. The third-order valence-electron chi connectivity index (χ3n) is 1.98. The van der Waals surface area contributed by atoms with Crippen LogP contribution in [0.4, 0.5) is 0 Å². The molecule has 96 valence electrons. The van der Waals surface area contributed by atoms with E-state index < -0.39 is 5.60 Å². The summed E-state index contributed by atoms with van der Waals surface area (Å²) in [4.78, 5) is 11.8. The first-order valence-electron chi connectivity index (χ1n) is 5.70. The Labute approximate surface area is 104 Å². The van der Waals surface area contributed by atoms with Crippen LogP contribution in [0.15, 0.2) is 36.6 Å². The molecule has 0 rings (SSSR count). The number of hydrogen-bond acceptors (Lipinski definition) is 3. The van der Waals surface area contributed by atoms with Crippen LogP contribution < -0.4 is 0 Å². The minimum absolute atomic E-state index is 0.379. The zero-order valence-corrected chi connectivity index (χ0v) is 11.2. The Morgan fingerprint density at radius 3 is 2.41 bits per heavy atom. The molecule has 3 nitrogen and oxygen atoms in total. The van der Waals surface area contributed by atoms with Crippen molar-refractivity contribution >= 4 is 5.97 Å². The van der Waals surface area contributed by atoms with Crippen LogP contribution in [0, 0.1) is 0 Å². The largest absolute Gasteiger partial charge is 0.476 e. The third-order valence-corrected chi connectivity index (χ3v) is 1.98. The molecule has 0 aromatic rings. The van der Waals surface area contributed by atoms with Crippen molar-refractivity contribution in [1.82, 2.24) is 0 Å². The number of carbonyl (C=O) groups is 1. The summed E-state index contributed by atoms with van der Waals surface area (Å²) < 4.78 is 10.7. The average Bonchev–Trinajstić information content (AvgIpc) is 2.24. The predicted octanol–water partition coefficient (Wildman–Crippen LogP) is 3.38. The van der Waals surface area contributed by atoms with E-state index in [9.17, 15) is 4.79 Å². The highest BCUT2D eigenvalue weighted by molar-refractivity contribution is 5.78. The first-order chi connectivity index (χ1) is 7.85. The van der Waals surface area contributed by atoms with Crippen molar-refractivity contribution in [1.29, 1.82) is 0 Å². The molecule has 0 atom stereocenters. The summed E-state index contributed by atoms with van der Waals surface area (Å²) in [6.07, 6.45) is 4.06. The topological polar surface area (TPSA) is 35.5 Å². The molecule has 0 bridgehead atoms. The van der Waals surface area contributed by atoms with Crippen LogP contribution in [0.25, 0.3) is 0 Å². The van der Waals surface area contributed by atoms with Crippen molar-refractivity contribution < 1.29 is 14.3 Å². The fourth-order valence-corrected chi connectivity index (χ4v) is 1.06. The van der Waals surface area contributed by atoms with Gasteiger partial charge in [0.1, 0.15) is 5.76 Å². The van der Waals surface area contributed by atoms with Crippen molar-refractivity contribution in [2.24, 2.45) is 0 Å². The Bertz CT molecular complexity index is 324. The number of esters is 1. The third kappa shape index (κ3) is 5.38. The SMILES string of the molecule is C=C/C=C(/OC(C)(C)C(=O)OCCC)C(=C)C. The lowest BCUT2D eigenvalue weighted by atomic mass is 10.1. The van der Waals surface area contributed by atoms with E-state index in [1.165, 1.54) is 0 Å². The number of carbonyl (C=O) groups excluding carboxylic acids is 1. The molecule has 0 aromatic carbocycles. The summed E-state index contributed by atoms with van der Waals surface area (Å²) >= 11 is 0. The van der Waals surface area contributed by atoms with Gasteiger partial charge < -0.3 is 9.47 Å². The summed E-state index contributed by atoms with van der Waals surface area (Å²) in [5.41, 5.74) is -0.288. The molecule has 0 spiro atoms. The van der Waals surface area contributed by atoms with Gasteiger partial charge in [0, 0.05) is 0 Å². The van der Waals surface area contributed by atoms with Gasteiger partial charge in [0.05, 0.1) is 6.61 Å². The van der Waals surface area contributed by atoms with Gasteiger partial charge in [-0.05, 0) is 38.8 Å². The van der Waals surface area contributed by atoms with Crippen molar-refractivity contribution in [3.8, 4) is 0 Å². The normalized spacial score (nSPS) is 11.9. The lowest BCUT2D eigenvalue weighted by molar-refractivity contribution is -0.163. The minimum atomic E-state index is -1.02. The maximum absolute atomic E-state index is 11.8. The highest BCUT2D eigenvalue weighted by Gasteiger charge is 2.32. The molecule has 0 aliphatic rings. The van der Waals surface area contributed by atoms with E-state index in [1.54, 1.807) is 26.0 Å². The highest BCUT2D eigenvalue weighted by Crippen LogP contribution is 2.21. The number of allylic oxidation sites excluding steroid dienone is 3. The van der Waals surface area contributed by atoms with Crippen molar-refractivity contribution in [3.05, 3.63) is 36.6 Å². The number of ether oxygens (including phenoxy) is 2. The summed E-state index contributed by atoms with van der Waals surface area (Å²) in [7, 11) is 0. The second-order valence-electron chi connectivity index (χ2n) is 4.30. The maximum atomic E-state index is 11.8. The van der Waals surface area contributed by atoms with E-state index in [0.717, 1.165) is 12.0 Å². The molecule has 0 saturated carbocycles. The summed E-state index contributed by atoms with van der Waals surface area (Å²) in [5, 5.41) is 0. The van der Waals surface area contributed by atoms with Gasteiger partial charge in [0.25, 0.3) is 0 Å². The van der Waals surface area contributed by atoms with Crippen LogP contribution in [0.3, 0.4) is 0 Å². The number of rotatable bonds is 7. The lowest BCUT2D eigenvalue weighted by Crippen LogP contribution is -2.36. The molecule has 0 unspecified atom stereocenters. The van der Waals surface area contributed by atoms with Gasteiger partial charge >= 0.3 is 5.97 Å². The molecule has 0 radical (unpaired) electrons. The van der Waals surface area contributed by atoms with E-state index in [1.807, 2.05) is 13.8 Å². The fourth-order valence-electron chi connectivity index (χ4n) is 1.06. The van der Waals surface area contributed by atoms with E-state index in [4.69, 9.17) is 9.47 Å². The summed E-state index contributed by atoms with van der Waals surface area (Å²) in [6.45, 7) is 14.9. The standard InChI is InChI=1S/C14H22O3/c1-7-9-12(11(3)4)17-14(5,6)13(15)16-10-8-2/h7,9H,1,3,8,10H2,2,4-6H3/b12-9+. The average molecular weight is 238 g/mol. The fraction of sp³-hybridized carbons (Fsp3) is 0.500. The van der Waals surface area contributed by atoms with Gasteiger partial charge in [-0.3, -0.25) is 0 Å². The molecule has 0 amide bonds. The Morgan fingerprint density at radius 1 is 1.41 bits per heavy atom. The first kappa shape index (κ1) is 15.5. The van der Waals surface area contributed by atoms with Gasteiger partial charge in [-0.2, -0.15) is 0 Å². The smallest absolute Gasteiger partial charge is 0.349 e. The van der Waals surface area contributed by atoms with Crippen molar-refractivity contribution in [2.45, 2.75) is 39.7 Å². The molecule has 0 N–H and O–H groups in total. The molecule has 17 heavy (non-hydrogen) atoms. The molecular formula is C14H22O3. The quantitative estimate of drug-likeness (QED) is 0.387.